The van der Waals surface area contributed by atoms with Crippen LogP contribution in [-0.2, 0) is 14.4 Å². The molecule has 0 spiro atoms. The first-order valence-electron chi connectivity index (χ1n) is 14.5. The quantitative estimate of drug-likeness (QED) is 0.121. The monoisotopic (exact) mass is 1030 g/mol. The predicted octanol–water partition coefficient (Wildman–Crippen LogP) is 11.6. The maximum absolute atomic E-state index is 12.9. The molecule has 340 valence electrons. The minimum atomic E-state index is -6.59. The molecule has 0 fully saturated rings. The normalized spacial score (nSPS) is 15.3. The third-order valence-electron chi connectivity index (χ3n) is 6.29. The van der Waals surface area contributed by atoms with Gasteiger partial charge in [-0.2, -0.15) is 92.2 Å². The summed E-state index contributed by atoms with van der Waals surface area (Å²) in [6.45, 7) is 11.2. The molecule has 0 bridgehead atoms. The number of hydrogen-bond acceptors (Lipinski definition) is 6. The van der Waals surface area contributed by atoms with E-state index in [1.807, 2.05) is 0 Å². The van der Waals surface area contributed by atoms with Gasteiger partial charge in [-0.05, 0) is 0 Å². The Morgan fingerprint density at radius 1 is 0.328 bits per heavy atom. The van der Waals surface area contributed by atoms with Crippen LogP contribution >= 0.6 is 0 Å². The van der Waals surface area contributed by atoms with Crippen LogP contribution in [0.3, 0.4) is 0 Å². The molecule has 0 amide bonds. The molecule has 58 heavy (non-hydrogen) atoms. The summed E-state index contributed by atoms with van der Waals surface area (Å²) < 4.78 is 258. The Bertz CT molecular complexity index is 1350. The van der Waals surface area contributed by atoms with Gasteiger partial charge in [-0.25, -0.2) is 0 Å². The van der Waals surface area contributed by atoms with E-state index in [1.165, 1.54) is 62.3 Å². The van der Waals surface area contributed by atoms with Crippen LogP contribution in [0, 0.1) is 57.1 Å². The summed E-state index contributed by atoms with van der Waals surface area (Å²) >= 11 is 0. The Labute approximate surface area is 347 Å². The summed E-state index contributed by atoms with van der Waals surface area (Å²) in [5.74, 6) is -49.1. The number of aliphatic hydroxyl groups excluding tert-OH is 3. The maximum atomic E-state index is 12.9. The third kappa shape index (κ3) is 14.9. The molecular formula is C30H33F21NdO6. The number of allylic oxidation sites excluding steroid dienone is 6. The summed E-state index contributed by atoms with van der Waals surface area (Å²) in [5.41, 5.74) is -3.75. The summed E-state index contributed by atoms with van der Waals surface area (Å²) in [6.07, 6.45) is -20.7. The van der Waals surface area contributed by atoms with Gasteiger partial charge in [-0.15, -0.1) is 0 Å². The van der Waals surface area contributed by atoms with Crippen molar-refractivity contribution in [2.45, 2.75) is 116 Å². The molecule has 0 aliphatic heterocycles. The van der Waals surface area contributed by atoms with E-state index in [2.05, 4.69) is 0 Å². The summed E-state index contributed by atoms with van der Waals surface area (Å²) in [7, 11) is 0. The van der Waals surface area contributed by atoms with Gasteiger partial charge >= 0.3 is 54.1 Å². The van der Waals surface area contributed by atoms with E-state index in [0.717, 1.165) is 0 Å². The van der Waals surface area contributed by atoms with E-state index in [0.29, 0.717) is 0 Å². The van der Waals surface area contributed by atoms with Crippen LogP contribution in [0.25, 0.3) is 0 Å². The molecule has 28 heteroatoms. The smallest absolute Gasteiger partial charge is 0.460 e. The Hall–Kier alpha value is -2.49. The van der Waals surface area contributed by atoms with E-state index < -0.39 is 105 Å². The fraction of sp³-hybridized carbons (Fsp3) is 0.700. The van der Waals surface area contributed by atoms with E-state index in [4.69, 9.17) is 15.3 Å². The van der Waals surface area contributed by atoms with E-state index in [-0.39, 0.29) is 59.1 Å². The van der Waals surface area contributed by atoms with Gasteiger partial charge in [0.05, 0.1) is 0 Å². The molecule has 3 N–H and O–H groups in total. The molecule has 0 saturated heterocycles. The number of alkyl halides is 21. The van der Waals surface area contributed by atoms with Gasteiger partial charge in [0, 0.05) is 75.3 Å². The Morgan fingerprint density at radius 3 is 0.534 bits per heavy atom. The Balaban J connectivity index is -0.000000374. The largest absolute Gasteiger partial charge is 0.512 e. The second-order valence-corrected chi connectivity index (χ2v) is 14.4. The van der Waals surface area contributed by atoms with E-state index >= 15 is 0 Å². The zero-order valence-electron chi connectivity index (χ0n) is 30.7. The molecule has 0 unspecified atom stereocenters. The molecule has 0 aromatic heterocycles. The fourth-order valence-corrected chi connectivity index (χ4v) is 2.29. The van der Waals surface area contributed by atoms with Gasteiger partial charge < -0.3 is 15.3 Å². The van der Waals surface area contributed by atoms with Crippen LogP contribution in [-0.4, -0.2) is 86.7 Å². The molecule has 0 aliphatic carbocycles. The van der Waals surface area contributed by atoms with Crippen molar-refractivity contribution in [3.8, 4) is 0 Å². The number of halogens is 21. The zero-order valence-corrected chi connectivity index (χ0v) is 33.9. The average Bonchev–Trinajstić information content (AvgIpc) is 2.93. The molecule has 0 heterocycles. The van der Waals surface area contributed by atoms with E-state index in [1.54, 1.807) is 0 Å². The molecule has 0 radical (unpaired) electrons. The van der Waals surface area contributed by atoms with Gasteiger partial charge in [-0.1, -0.05) is 62.3 Å². The predicted molar refractivity (Wildman–Crippen MR) is 153 cm³/mol. The SMILES string of the molecule is CC(C)(C)/C(O)=C/C(=O)C(F)(F)C(F)(F)C(F)(F)F.CC(C)(C)/C(O)=C/C(=O)C(F)(F)C(F)(F)C(F)(F)F.CC(C)(C)/C(O)=C/C(=O)C(F)(F)C(F)(F)C(F)(F)F.[Nd]. The van der Waals surface area contributed by atoms with Gasteiger partial charge in [0.25, 0.3) is 0 Å². The van der Waals surface area contributed by atoms with E-state index in [9.17, 15) is 107 Å². The number of ketones is 3. The summed E-state index contributed by atoms with van der Waals surface area (Å²) in [5, 5.41) is 27.5. The molecular weight excluding hydrogens is 1000 g/mol. The first-order valence-corrected chi connectivity index (χ1v) is 14.5. The third-order valence-corrected chi connectivity index (χ3v) is 6.29. The van der Waals surface area contributed by atoms with Crippen molar-refractivity contribution in [3.63, 3.8) is 0 Å². The zero-order chi connectivity index (χ0) is 47.6. The van der Waals surface area contributed by atoms with Crippen molar-refractivity contribution < 1.29 is 163 Å². The number of carbonyl (C=O) groups is 3. The minimum absolute atomic E-state index is 0. The number of rotatable bonds is 9. The molecule has 0 rings (SSSR count). The van der Waals surface area contributed by atoms with Gasteiger partial charge in [0.15, 0.2) is 0 Å². The van der Waals surface area contributed by atoms with Crippen LogP contribution in [0.4, 0.5) is 92.2 Å². The summed E-state index contributed by atoms with van der Waals surface area (Å²) in [6, 6.07) is 0. The second kappa shape index (κ2) is 19.1. The second-order valence-electron chi connectivity index (χ2n) is 14.4. The minimum Gasteiger partial charge on any atom is -0.512 e. The first-order chi connectivity index (χ1) is 24.1. The number of hydrogen-bond donors (Lipinski definition) is 3. The van der Waals surface area contributed by atoms with Crippen molar-refractivity contribution in [1.29, 1.82) is 0 Å². The summed E-state index contributed by atoms with van der Waals surface area (Å²) in [4.78, 5) is 32.5. The van der Waals surface area contributed by atoms with Crippen molar-refractivity contribution in [2.24, 2.45) is 16.2 Å². The Kier molecular flexibility index (Phi) is 20.4. The molecule has 0 aromatic rings. The van der Waals surface area contributed by atoms with Crippen LogP contribution in [0.5, 0.6) is 0 Å². The number of carbonyl (C=O) groups excluding carboxylic acids is 3. The van der Waals surface area contributed by atoms with Gasteiger partial charge in [-0.3, -0.25) is 14.4 Å². The van der Waals surface area contributed by atoms with Crippen molar-refractivity contribution in [2.75, 3.05) is 0 Å². The molecule has 6 nitrogen and oxygen atoms in total. The average molecular weight is 1030 g/mol. The van der Waals surface area contributed by atoms with Crippen molar-refractivity contribution >= 4 is 17.3 Å². The molecule has 0 aliphatic rings. The van der Waals surface area contributed by atoms with Crippen LogP contribution in [0.1, 0.15) is 62.3 Å². The number of aliphatic hydroxyl groups is 3. The molecule has 0 aromatic carbocycles. The van der Waals surface area contributed by atoms with Crippen molar-refractivity contribution in [1.82, 2.24) is 0 Å². The van der Waals surface area contributed by atoms with Crippen molar-refractivity contribution in [3.05, 3.63) is 35.5 Å². The fourth-order valence-electron chi connectivity index (χ4n) is 2.29. The molecule has 0 saturated carbocycles. The van der Waals surface area contributed by atoms with Crippen LogP contribution < -0.4 is 0 Å². The molecule has 0 atom stereocenters. The standard InChI is InChI=1S/3C10H11F7O2.Nd/c3*1-7(2,3)5(18)4-6(19)8(11,12)9(13,14)10(15,16)17;/h3*4,18H,1-3H3;/b3*5-4-;. The van der Waals surface area contributed by atoms with Gasteiger partial charge in [0.1, 0.15) is 17.3 Å². The van der Waals surface area contributed by atoms with Crippen LogP contribution in [0.15, 0.2) is 35.5 Å². The van der Waals surface area contributed by atoms with Gasteiger partial charge in [0.2, 0.25) is 17.3 Å². The first kappa shape index (κ1) is 62.2. The van der Waals surface area contributed by atoms with Crippen LogP contribution in [0.2, 0.25) is 0 Å². The Morgan fingerprint density at radius 2 is 0.448 bits per heavy atom. The topological polar surface area (TPSA) is 112 Å². The maximum Gasteiger partial charge on any atom is 0.460 e.